The average Bonchev–Trinajstić information content (AvgIpc) is 3.22. The Morgan fingerprint density at radius 3 is 3.04 bits per heavy atom. The summed E-state index contributed by atoms with van der Waals surface area (Å²) in [7, 11) is 0. The first-order valence-electron chi connectivity index (χ1n) is 8.68. The molecule has 1 unspecified atom stereocenters. The van der Waals surface area contributed by atoms with Gasteiger partial charge in [0.2, 0.25) is 5.91 Å². The number of carbonyl (C=O) groups excluding carboxylic acids is 2. The average molecular weight is 379 g/mol. The van der Waals surface area contributed by atoms with Crippen LogP contribution in [0.2, 0.25) is 0 Å². The Bertz CT molecular complexity index is 685. The van der Waals surface area contributed by atoms with Gasteiger partial charge in [0.25, 0.3) is 5.91 Å². The van der Waals surface area contributed by atoms with Crippen molar-refractivity contribution in [2.45, 2.75) is 45.1 Å². The molecule has 3 heterocycles. The van der Waals surface area contributed by atoms with Gasteiger partial charge in [-0.15, -0.1) is 0 Å². The molecule has 25 heavy (non-hydrogen) atoms. The Balaban J connectivity index is 1.60. The molecule has 0 bridgehead atoms. The molecule has 2 aliphatic rings. The zero-order chi connectivity index (χ0) is 17.8. The monoisotopic (exact) mass is 378 g/mol. The lowest BCUT2D eigenvalue weighted by atomic mass is 9.99. The lowest BCUT2D eigenvalue weighted by Gasteiger charge is -2.35. The summed E-state index contributed by atoms with van der Waals surface area (Å²) in [6.45, 7) is 3.29. The fourth-order valence-corrected chi connectivity index (χ4v) is 4.59. The van der Waals surface area contributed by atoms with Crippen molar-refractivity contribution in [3.05, 3.63) is 29.1 Å². The Morgan fingerprint density at radius 2 is 2.32 bits per heavy atom. The molecule has 1 aromatic heterocycles. The van der Waals surface area contributed by atoms with E-state index in [1.807, 2.05) is 4.90 Å². The van der Waals surface area contributed by atoms with Gasteiger partial charge < -0.3 is 9.32 Å². The van der Waals surface area contributed by atoms with Gasteiger partial charge >= 0.3 is 0 Å². The summed E-state index contributed by atoms with van der Waals surface area (Å²) >= 11 is 6.57. The van der Waals surface area contributed by atoms with Crippen molar-refractivity contribution in [1.82, 2.24) is 9.80 Å². The fourth-order valence-electron chi connectivity index (χ4n) is 3.30. The third-order valence-electron chi connectivity index (χ3n) is 4.66. The highest BCUT2D eigenvalue weighted by Gasteiger charge is 2.33. The van der Waals surface area contributed by atoms with Crippen LogP contribution in [-0.4, -0.2) is 45.1 Å². The van der Waals surface area contributed by atoms with Crippen molar-refractivity contribution >= 4 is 46.2 Å². The lowest BCUT2D eigenvalue weighted by molar-refractivity contribution is -0.135. The highest BCUT2D eigenvalue weighted by atomic mass is 32.2. The summed E-state index contributed by atoms with van der Waals surface area (Å²) in [6, 6.07) is 3.90. The van der Waals surface area contributed by atoms with E-state index in [0.29, 0.717) is 34.0 Å². The van der Waals surface area contributed by atoms with E-state index in [1.165, 1.54) is 23.1 Å². The zero-order valence-electron chi connectivity index (χ0n) is 14.3. The van der Waals surface area contributed by atoms with Crippen LogP contribution in [0, 0.1) is 0 Å². The summed E-state index contributed by atoms with van der Waals surface area (Å²) in [6.07, 6.45) is 7.89. The SMILES string of the molecule is CCC1CCCCN1C(=O)CCN1C(=O)/C(=C\c2ccco2)SC1=S. The van der Waals surface area contributed by atoms with Crippen molar-refractivity contribution in [2.24, 2.45) is 0 Å². The molecular formula is C18H22N2O3S2. The summed E-state index contributed by atoms with van der Waals surface area (Å²) in [5.41, 5.74) is 0. The van der Waals surface area contributed by atoms with Crippen LogP contribution < -0.4 is 0 Å². The van der Waals surface area contributed by atoms with Crippen LogP contribution >= 0.6 is 24.0 Å². The minimum atomic E-state index is -0.148. The van der Waals surface area contributed by atoms with Gasteiger partial charge in [0.15, 0.2) is 0 Å². The van der Waals surface area contributed by atoms with E-state index in [2.05, 4.69) is 6.92 Å². The first-order valence-corrected chi connectivity index (χ1v) is 9.91. The number of amides is 2. The van der Waals surface area contributed by atoms with Crippen molar-refractivity contribution in [3.8, 4) is 0 Å². The van der Waals surface area contributed by atoms with Gasteiger partial charge in [0.1, 0.15) is 10.1 Å². The molecule has 7 heteroatoms. The second-order valence-electron chi connectivity index (χ2n) is 6.24. The minimum absolute atomic E-state index is 0.121. The van der Waals surface area contributed by atoms with Crippen LogP contribution in [0.5, 0.6) is 0 Å². The largest absolute Gasteiger partial charge is 0.465 e. The van der Waals surface area contributed by atoms with E-state index < -0.39 is 0 Å². The van der Waals surface area contributed by atoms with E-state index in [1.54, 1.807) is 24.5 Å². The summed E-state index contributed by atoms with van der Waals surface area (Å²) in [4.78, 5) is 29.2. The summed E-state index contributed by atoms with van der Waals surface area (Å²) < 4.78 is 5.75. The number of nitrogens with zero attached hydrogens (tertiary/aromatic N) is 2. The third-order valence-corrected chi connectivity index (χ3v) is 6.04. The third kappa shape index (κ3) is 4.15. The molecule has 2 aliphatic heterocycles. The van der Waals surface area contributed by atoms with Gasteiger partial charge in [0.05, 0.1) is 11.2 Å². The van der Waals surface area contributed by atoms with E-state index >= 15 is 0 Å². The molecule has 0 spiro atoms. The van der Waals surface area contributed by atoms with Crippen molar-refractivity contribution in [3.63, 3.8) is 0 Å². The molecule has 0 aromatic carbocycles. The quantitative estimate of drug-likeness (QED) is 0.578. The Morgan fingerprint density at radius 1 is 1.48 bits per heavy atom. The summed E-state index contributed by atoms with van der Waals surface area (Å²) in [5.74, 6) is 0.594. The molecule has 2 saturated heterocycles. The van der Waals surface area contributed by atoms with Gasteiger partial charge in [-0.3, -0.25) is 14.5 Å². The maximum Gasteiger partial charge on any atom is 0.266 e. The molecule has 3 rings (SSSR count). The number of likely N-dealkylation sites (tertiary alicyclic amines) is 1. The molecule has 5 nitrogen and oxygen atoms in total. The maximum atomic E-state index is 12.6. The van der Waals surface area contributed by atoms with Gasteiger partial charge in [-0.2, -0.15) is 0 Å². The molecule has 2 amide bonds. The van der Waals surface area contributed by atoms with Crippen LogP contribution in [0.1, 0.15) is 44.8 Å². The first kappa shape index (κ1) is 18.2. The van der Waals surface area contributed by atoms with Crippen molar-refractivity contribution in [2.75, 3.05) is 13.1 Å². The number of furan rings is 1. The second-order valence-corrected chi connectivity index (χ2v) is 7.92. The smallest absolute Gasteiger partial charge is 0.266 e. The van der Waals surface area contributed by atoms with Crippen LogP contribution in [0.15, 0.2) is 27.7 Å². The van der Waals surface area contributed by atoms with E-state index in [0.717, 1.165) is 25.8 Å². The van der Waals surface area contributed by atoms with Crippen molar-refractivity contribution in [1.29, 1.82) is 0 Å². The first-order chi connectivity index (χ1) is 12.1. The second kappa shape index (κ2) is 8.19. The topological polar surface area (TPSA) is 53.8 Å². The number of hydrogen-bond donors (Lipinski definition) is 0. The minimum Gasteiger partial charge on any atom is -0.465 e. The lowest BCUT2D eigenvalue weighted by Crippen LogP contribution is -2.44. The predicted molar refractivity (Wildman–Crippen MR) is 103 cm³/mol. The molecule has 0 aliphatic carbocycles. The highest BCUT2D eigenvalue weighted by Crippen LogP contribution is 2.32. The molecule has 0 saturated carbocycles. The standard InChI is InChI=1S/C18H22N2O3S2/c1-2-13-6-3-4-9-19(13)16(21)8-10-20-17(22)15(25-18(20)24)12-14-7-5-11-23-14/h5,7,11-13H,2-4,6,8-10H2,1H3/b15-12+. The molecule has 0 N–H and O–H groups in total. The van der Waals surface area contributed by atoms with Crippen LogP contribution in [-0.2, 0) is 9.59 Å². The fraction of sp³-hybridized carbons (Fsp3) is 0.500. The number of piperidine rings is 1. The highest BCUT2D eigenvalue weighted by molar-refractivity contribution is 8.26. The maximum absolute atomic E-state index is 12.6. The predicted octanol–water partition coefficient (Wildman–Crippen LogP) is 3.66. The Labute approximate surface area is 157 Å². The van der Waals surface area contributed by atoms with Crippen LogP contribution in [0.25, 0.3) is 6.08 Å². The molecule has 1 aromatic rings. The zero-order valence-corrected chi connectivity index (χ0v) is 15.9. The molecule has 1 atom stereocenters. The van der Waals surface area contributed by atoms with Crippen molar-refractivity contribution < 1.29 is 14.0 Å². The van der Waals surface area contributed by atoms with Gasteiger partial charge in [-0.05, 0) is 37.8 Å². The van der Waals surface area contributed by atoms with Gasteiger partial charge in [-0.25, -0.2) is 0 Å². The molecule has 134 valence electrons. The number of rotatable bonds is 5. The Kier molecular flexibility index (Phi) is 5.96. The number of thioether (sulfide) groups is 1. The van der Waals surface area contributed by atoms with E-state index in [4.69, 9.17) is 16.6 Å². The molecular weight excluding hydrogens is 356 g/mol. The molecule has 0 radical (unpaired) electrons. The normalized spacial score (nSPS) is 22.9. The summed E-state index contributed by atoms with van der Waals surface area (Å²) in [5, 5.41) is 0. The van der Waals surface area contributed by atoms with Crippen LogP contribution in [0.3, 0.4) is 0 Å². The molecule has 2 fully saturated rings. The van der Waals surface area contributed by atoms with E-state index in [9.17, 15) is 9.59 Å². The van der Waals surface area contributed by atoms with E-state index in [-0.39, 0.29) is 11.8 Å². The number of thiocarbonyl (C=S) groups is 1. The number of hydrogen-bond acceptors (Lipinski definition) is 5. The van der Waals surface area contributed by atoms with Gasteiger partial charge in [-0.1, -0.05) is 30.9 Å². The van der Waals surface area contributed by atoms with Gasteiger partial charge in [0, 0.05) is 31.6 Å². The Hall–Kier alpha value is -1.60. The van der Waals surface area contributed by atoms with Crippen LogP contribution in [0.4, 0.5) is 0 Å². The number of carbonyl (C=O) groups is 2.